The normalized spacial score (nSPS) is 10.7. The number of nitrogens with one attached hydrogen (secondary N) is 1. The molecule has 0 saturated carbocycles. The summed E-state index contributed by atoms with van der Waals surface area (Å²) in [4.78, 5) is 11.3. The van der Waals surface area contributed by atoms with Gasteiger partial charge in [0.2, 0.25) is 0 Å². The molecule has 15 heavy (non-hydrogen) atoms. The standard InChI is InChI=1S/C11H19N3O/c1-8(2)4-5-9-6-7-10(14(9)3)11(15)13-12/h6-8H,4-5,12H2,1-3H3,(H,13,15). The van der Waals surface area contributed by atoms with Gasteiger partial charge in [0.15, 0.2) is 0 Å². The number of nitrogen functional groups attached to an aromatic ring is 1. The van der Waals surface area contributed by atoms with E-state index in [0.717, 1.165) is 12.8 Å². The summed E-state index contributed by atoms with van der Waals surface area (Å²) < 4.78 is 1.89. The molecule has 3 N–H and O–H groups in total. The molecule has 0 unspecified atom stereocenters. The van der Waals surface area contributed by atoms with Crippen LogP contribution in [0.3, 0.4) is 0 Å². The van der Waals surface area contributed by atoms with Crippen molar-refractivity contribution in [1.82, 2.24) is 9.99 Å². The van der Waals surface area contributed by atoms with Crippen LogP contribution in [0.4, 0.5) is 0 Å². The molecule has 0 aromatic carbocycles. The number of aromatic nitrogens is 1. The highest BCUT2D eigenvalue weighted by Crippen LogP contribution is 2.12. The number of aryl methyl sites for hydroxylation is 1. The number of nitrogens with two attached hydrogens (primary N) is 1. The highest BCUT2D eigenvalue weighted by Gasteiger charge is 2.10. The number of hydrazine groups is 1. The number of carbonyl (C=O) groups excluding carboxylic acids is 1. The van der Waals surface area contributed by atoms with E-state index in [1.807, 2.05) is 17.7 Å². The summed E-state index contributed by atoms with van der Waals surface area (Å²) in [6.45, 7) is 4.38. The van der Waals surface area contributed by atoms with Crippen LogP contribution in [-0.2, 0) is 13.5 Å². The average Bonchev–Trinajstić information content (AvgIpc) is 2.56. The van der Waals surface area contributed by atoms with Crippen molar-refractivity contribution in [3.05, 3.63) is 23.5 Å². The second-order valence-corrected chi connectivity index (χ2v) is 4.17. The maximum atomic E-state index is 11.3. The fourth-order valence-corrected chi connectivity index (χ4v) is 1.54. The maximum Gasteiger partial charge on any atom is 0.281 e. The zero-order valence-corrected chi connectivity index (χ0v) is 9.58. The molecule has 1 aromatic heterocycles. The van der Waals surface area contributed by atoms with Gasteiger partial charge in [0.25, 0.3) is 5.91 Å². The van der Waals surface area contributed by atoms with E-state index in [4.69, 9.17) is 5.84 Å². The zero-order valence-electron chi connectivity index (χ0n) is 9.58. The molecule has 0 fully saturated rings. The van der Waals surface area contributed by atoms with Crippen molar-refractivity contribution in [3.63, 3.8) is 0 Å². The van der Waals surface area contributed by atoms with Crippen molar-refractivity contribution in [3.8, 4) is 0 Å². The van der Waals surface area contributed by atoms with Crippen molar-refractivity contribution >= 4 is 5.91 Å². The Balaban J connectivity index is 2.75. The lowest BCUT2D eigenvalue weighted by atomic mass is 10.1. The van der Waals surface area contributed by atoms with E-state index in [1.165, 1.54) is 5.69 Å². The zero-order chi connectivity index (χ0) is 11.4. The summed E-state index contributed by atoms with van der Waals surface area (Å²) in [6, 6.07) is 3.78. The monoisotopic (exact) mass is 209 g/mol. The van der Waals surface area contributed by atoms with Crippen LogP contribution in [0, 0.1) is 5.92 Å². The molecule has 0 aliphatic carbocycles. The Kier molecular flexibility index (Phi) is 3.91. The fraction of sp³-hybridized carbons (Fsp3) is 0.545. The van der Waals surface area contributed by atoms with Crippen molar-refractivity contribution < 1.29 is 4.79 Å². The van der Waals surface area contributed by atoms with Crippen molar-refractivity contribution in [2.45, 2.75) is 26.7 Å². The lowest BCUT2D eigenvalue weighted by Crippen LogP contribution is -2.31. The first-order valence-electron chi connectivity index (χ1n) is 5.21. The van der Waals surface area contributed by atoms with Gasteiger partial charge in [-0.1, -0.05) is 13.8 Å². The van der Waals surface area contributed by atoms with Gasteiger partial charge in [0.05, 0.1) is 0 Å². The van der Waals surface area contributed by atoms with E-state index in [1.54, 1.807) is 6.07 Å². The van der Waals surface area contributed by atoms with Crippen LogP contribution in [0.15, 0.2) is 12.1 Å². The van der Waals surface area contributed by atoms with Crippen LogP contribution in [0.25, 0.3) is 0 Å². The minimum absolute atomic E-state index is 0.242. The Hall–Kier alpha value is -1.29. The molecule has 1 heterocycles. The first kappa shape index (κ1) is 11.8. The smallest absolute Gasteiger partial charge is 0.281 e. The van der Waals surface area contributed by atoms with E-state index in [0.29, 0.717) is 11.6 Å². The van der Waals surface area contributed by atoms with E-state index < -0.39 is 0 Å². The van der Waals surface area contributed by atoms with E-state index in [9.17, 15) is 4.79 Å². The summed E-state index contributed by atoms with van der Waals surface area (Å²) in [7, 11) is 1.89. The molecule has 0 spiro atoms. The van der Waals surface area contributed by atoms with Crippen LogP contribution in [0.1, 0.15) is 36.5 Å². The Morgan fingerprint density at radius 1 is 1.53 bits per heavy atom. The number of carbonyl (C=O) groups is 1. The molecule has 4 heteroatoms. The van der Waals surface area contributed by atoms with Crippen LogP contribution >= 0.6 is 0 Å². The van der Waals surface area contributed by atoms with Gasteiger partial charge in [-0.25, -0.2) is 5.84 Å². The lowest BCUT2D eigenvalue weighted by molar-refractivity contribution is 0.0945. The number of amides is 1. The highest BCUT2D eigenvalue weighted by molar-refractivity contribution is 5.92. The number of rotatable bonds is 4. The van der Waals surface area contributed by atoms with Gasteiger partial charge < -0.3 is 4.57 Å². The van der Waals surface area contributed by atoms with Gasteiger partial charge in [0, 0.05) is 12.7 Å². The third kappa shape index (κ3) is 2.83. The van der Waals surface area contributed by atoms with Gasteiger partial charge in [-0.15, -0.1) is 0 Å². The first-order chi connectivity index (χ1) is 7.06. The molecule has 0 atom stereocenters. The molecule has 4 nitrogen and oxygen atoms in total. The molecular formula is C11H19N3O. The molecular weight excluding hydrogens is 190 g/mol. The number of hydrogen-bond acceptors (Lipinski definition) is 2. The highest BCUT2D eigenvalue weighted by atomic mass is 16.2. The predicted octanol–water partition coefficient (Wildman–Crippen LogP) is 1.22. The number of hydrogen-bond donors (Lipinski definition) is 2. The minimum atomic E-state index is -0.242. The van der Waals surface area contributed by atoms with Gasteiger partial charge in [0.1, 0.15) is 5.69 Å². The SMILES string of the molecule is CC(C)CCc1ccc(C(=O)NN)n1C. The summed E-state index contributed by atoms with van der Waals surface area (Å²) in [5.41, 5.74) is 3.92. The van der Waals surface area contributed by atoms with Crippen molar-refractivity contribution in [2.24, 2.45) is 18.8 Å². The van der Waals surface area contributed by atoms with E-state index in [-0.39, 0.29) is 5.91 Å². The molecule has 1 amide bonds. The molecule has 0 aliphatic heterocycles. The summed E-state index contributed by atoms with van der Waals surface area (Å²) in [5.74, 6) is 5.52. The van der Waals surface area contributed by atoms with Gasteiger partial charge in [-0.3, -0.25) is 10.2 Å². The van der Waals surface area contributed by atoms with Crippen LogP contribution < -0.4 is 11.3 Å². The topological polar surface area (TPSA) is 60.1 Å². The summed E-state index contributed by atoms with van der Waals surface area (Å²) in [6.07, 6.45) is 2.12. The van der Waals surface area contributed by atoms with Crippen molar-refractivity contribution in [1.29, 1.82) is 0 Å². The third-order valence-electron chi connectivity index (χ3n) is 2.57. The van der Waals surface area contributed by atoms with Crippen LogP contribution in [0.2, 0.25) is 0 Å². The quantitative estimate of drug-likeness (QED) is 0.445. The van der Waals surface area contributed by atoms with E-state index >= 15 is 0 Å². The number of nitrogens with zero attached hydrogens (tertiary/aromatic N) is 1. The fourth-order valence-electron chi connectivity index (χ4n) is 1.54. The maximum absolute atomic E-state index is 11.3. The van der Waals surface area contributed by atoms with E-state index in [2.05, 4.69) is 19.3 Å². The average molecular weight is 209 g/mol. The second kappa shape index (κ2) is 4.98. The predicted molar refractivity (Wildman–Crippen MR) is 60.2 cm³/mol. The van der Waals surface area contributed by atoms with Crippen LogP contribution in [0.5, 0.6) is 0 Å². The Bertz CT molecular complexity index is 342. The molecule has 0 aliphatic rings. The largest absolute Gasteiger partial charge is 0.344 e. The lowest BCUT2D eigenvalue weighted by Gasteiger charge is -2.08. The summed E-state index contributed by atoms with van der Waals surface area (Å²) >= 11 is 0. The van der Waals surface area contributed by atoms with Crippen LogP contribution in [-0.4, -0.2) is 10.5 Å². The molecule has 1 aromatic rings. The Morgan fingerprint density at radius 3 is 2.73 bits per heavy atom. The Labute approximate surface area is 90.4 Å². The minimum Gasteiger partial charge on any atom is -0.344 e. The summed E-state index contributed by atoms with van der Waals surface area (Å²) in [5, 5.41) is 0. The van der Waals surface area contributed by atoms with Crippen molar-refractivity contribution in [2.75, 3.05) is 0 Å². The molecule has 1 rings (SSSR count). The Morgan fingerprint density at radius 2 is 2.20 bits per heavy atom. The first-order valence-corrected chi connectivity index (χ1v) is 5.21. The third-order valence-corrected chi connectivity index (χ3v) is 2.57. The molecule has 0 radical (unpaired) electrons. The molecule has 0 saturated heterocycles. The van der Waals surface area contributed by atoms with Gasteiger partial charge in [-0.05, 0) is 30.9 Å². The second-order valence-electron chi connectivity index (χ2n) is 4.17. The van der Waals surface area contributed by atoms with Gasteiger partial charge >= 0.3 is 0 Å². The molecule has 84 valence electrons. The van der Waals surface area contributed by atoms with Gasteiger partial charge in [-0.2, -0.15) is 0 Å². The molecule has 0 bridgehead atoms.